The minimum Gasteiger partial charge on any atom is -0.418 e. The molecular weight excluding hydrogens is 155 g/mol. The first-order valence-electron chi connectivity index (χ1n) is 0.873. The van der Waals surface area contributed by atoms with Crippen LogP contribution < -0.4 is 0 Å². The van der Waals surface area contributed by atoms with Gasteiger partial charge in [-0.25, -0.2) is 0 Å². The molecule has 0 aliphatic rings. The topological polar surface area (TPSA) is 0 Å². The zero-order valence-corrected chi connectivity index (χ0v) is 4.55. The summed E-state index contributed by atoms with van der Waals surface area (Å²) in [5.74, 6) is 0. The summed E-state index contributed by atoms with van der Waals surface area (Å²) in [7, 11) is -6.00. The van der Waals surface area contributed by atoms with Crippen molar-refractivity contribution in [1.82, 2.24) is 0 Å². The van der Waals surface area contributed by atoms with E-state index in [1.54, 1.807) is 0 Å². The molecular formula is CH3BF4Fe-2. The van der Waals surface area contributed by atoms with Crippen molar-refractivity contribution in [3.8, 4) is 0 Å². The van der Waals surface area contributed by atoms with Crippen molar-refractivity contribution in [1.29, 1.82) is 0 Å². The molecule has 0 amide bonds. The Hall–Kier alpha value is 0.304. The monoisotopic (exact) mass is 158 g/mol. The van der Waals surface area contributed by atoms with E-state index in [0.717, 1.165) is 0 Å². The summed E-state index contributed by atoms with van der Waals surface area (Å²) in [6, 6.07) is 0. The van der Waals surface area contributed by atoms with Crippen LogP contribution in [0.5, 0.6) is 0 Å². The van der Waals surface area contributed by atoms with E-state index in [1.807, 2.05) is 0 Å². The van der Waals surface area contributed by atoms with Gasteiger partial charge in [-0.15, -0.1) is 0 Å². The van der Waals surface area contributed by atoms with E-state index in [-0.39, 0.29) is 24.5 Å². The number of rotatable bonds is 0. The summed E-state index contributed by atoms with van der Waals surface area (Å²) in [6.07, 6.45) is 0. The summed E-state index contributed by atoms with van der Waals surface area (Å²) in [6.45, 7) is 0. The second kappa shape index (κ2) is 4.46. The Balaban J connectivity index is -0.0000000800. The molecule has 0 N–H and O–H groups in total. The second-order valence-corrected chi connectivity index (χ2v) is 0.495. The molecule has 0 saturated heterocycles. The van der Waals surface area contributed by atoms with Gasteiger partial charge in [0.2, 0.25) is 0 Å². The quantitative estimate of drug-likeness (QED) is 0.286. The first kappa shape index (κ1) is 15.7. The van der Waals surface area contributed by atoms with Gasteiger partial charge in [-0.05, 0) is 0 Å². The SMILES string of the molecule is F[B-](F)(F)F.[CH3-].[Fe]. The minimum atomic E-state index is -6.00. The molecule has 0 radical (unpaired) electrons. The van der Waals surface area contributed by atoms with Crippen LogP contribution in [0.25, 0.3) is 0 Å². The fourth-order valence-corrected chi connectivity index (χ4v) is 0. The molecule has 0 aromatic carbocycles. The molecule has 0 aliphatic heterocycles. The Morgan fingerprint density at radius 2 is 0.857 bits per heavy atom. The number of hydrogen-bond donors (Lipinski definition) is 0. The predicted molar refractivity (Wildman–Crippen MR) is 16.6 cm³/mol. The Morgan fingerprint density at radius 1 is 0.857 bits per heavy atom. The molecule has 0 rings (SSSR count). The van der Waals surface area contributed by atoms with Crippen molar-refractivity contribution in [2.24, 2.45) is 0 Å². The zero-order valence-electron chi connectivity index (χ0n) is 3.44. The average molecular weight is 158 g/mol. The van der Waals surface area contributed by atoms with E-state index < -0.39 is 7.25 Å². The molecule has 0 aromatic rings. The molecule has 0 unspecified atom stereocenters. The molecule has 0 atom stereocenters. The van der Waals surface area contributed by atoms with Gasteiger partial charge in [0, 0.05) is 17.1 Å². The Morgan fingerprint density at radius 3 is 0.857 bits per heavy atom. The molecule has 0 heterocycles. The molecule has 0 aromatic heterocycles. The van der Waals surface area contributed by atoms with Gasteiger partial charge in [0.1, 0.15) is 0 Å². The van der Waals surface area contributed by atoms with Gasteiger partial charge in [-0.2, -0.15) is 0 Å². The van der Waals surface area contributed by atoms with Crippen LogP contribution in [0, 0.1) is 7.43 Å². The maximum Gasteiger partial charge on any atom is 0.673 e. The first-order chi connectivity index (χ1) is 2.00. The van der Waals surface area contributed by atoms with Gasteiger partial charge in [0.15, 0.2) is 0 Å². The number of hydrogen-bond acceptors (Lipinski definition) is 0. The summed E-state index contributed by atoms with van der Waals surface area (Å²) in [4.78, 5) is 0. The van der Waals surface area contributed by atoms with E-state index in [0.29, 0.717) is 0 Å². The van der Waals surface area contributed by atoms with Crippen molar-refractivity contribution in [2.45, 2.75) is 0 Å². The van der Waals surface area contributed by atoms with Crippen molar-refractivity contribution in [2.75, 3.05) is 0 Å². The van der Waals surface area contributed by atoms with Crippen molar-refractivity contribution < 1.29 is 34.3 Å². The van der Waals surface area contributed by atoms with Gasteiger partial charge >= 0.3 is 7.25 Å². The Bertz CT molecular complexity index is 27.2. The molecule has 0 saturated carbocycles. The van der Waals surface area contributed by atoms with E-state index in [4.69, 9.17) is 0 Å². The Labute approximate surface area is 49.9 Å². The molecule has 0 bridgehead atoms. The van der Waals surface area contributed by atoms with Gasteiger partial charge in [0.25, 0.3) is 0 Å². The minimum absolute atomic E-state index is 0. The summed E-state index contributed by atoms with van der Waals surface area (Å²) < 4.78 is 39.0. The van der Waals surface area contributed by atoms with E-state index in [9.17, 15) is 17.3 Å². The van der Waals surface area contributed by atoms with E-state index >= 15 is 0 Å². The fourth-order valence-electron chi connectivity index (χ4n) is 0. The van der Waals surface area contributed by atoms with Crippen molar-refractivity contribution in [3.05, 3.63) is 7.43 Å². The zero-order chi connectivity index (χ0) is 4.50. The molecule has 0 spiro atoms. The third-order valence-electron chi connectivity index (χ3n) is 0. The van der Waals surface area contributed by atoms with Crippen LogP contribution in [0.3, 0.4) is 0 Å². The molecule has 6 heteroatoms. The van der Waals surface area contributed by atoms with E-state index in [1.165, 1.54) is 0 Å². The van der Waals surface area contributed by atoms with Gasteiger partial charge in [-0.1, -0.05) is 0 Å². The van der Waals surface area contributed by atoms with Gasteiger partial charge in [0.05, 0.1) is 0 Å². The van der Waals surface area contributed by atoms with Crippen LogP contribution in [0.4, 0.5) is 17.3 Å². The maximum atomic E-state index is 9.75. The molecule has 7 heavy (non-hydrogen) atoms. The van der Waals surface area contributed by atoms with Crippen LogP contribution >= 0.6 is 0 Å². The predicted octanol–water partition coefficient (Wildman–Crippen LogP) is 1.75. The molecule has 48 valence electrons. The van der Waals surface area contributed by atoms with Crippen LogP contribution in [0.1, 0.15) is 0 Å². The normalized spacial score (nSPS) is 8.57. The third kappa shape index (κ3) is 1260. The summed E-state index contributed by atoms with van der Waals surface area (Å²) >= 11 is 0. The largest absolute Gasteiger partial charge is 0.673 e. The third-order valence-corrected chi connectivity index (χ3v) is 0. The van der Waals surface area contributed by atoms with Crippen molar-refractivity contribution >= 4 is 7.25 Å². The number of halogens is 4. The van der Waals surface area contributed by atoms with E-state index in [2.05, 4.69) is 0 Å². The summed E-state index contributed by atoms with van der Waals surface area (Å²) in [5.41, 5.74) is 0. The molecule has 0 nitrogen and oxygen atoms in total. The van der Waals surface area contributed by atoms with Crippen LogP contribution in [-0.2, 0) is 17.1 Å². The van der Waals surface area contributed by atoms with Gasteiger partial charge < -0.3 is 24.7 Å². The van der Waals surface area contributed by atoms with Crippen LogP contribution in [0.2, 0.25) is 0 Å². The van der Waals surface area contributed by atoms with Crippen LogP contribution in [-0.4, -0.2) is 7.25 Å². The van der Waals surface area contributed by atoms with Crippen molar-refractivity contribution in [3.63, 3.8) is 0 Å². The maximum absolute atomic E-state index is 9.75. The molecule has 0 fully saturated rings. The average Bonchev–Trinajstić information content (AvgIpc) is 0.722. The molecule has 0 aliphatic carbocycles. The standard InChI is InChI=1S/CH3.BF4.Fe/c;2-1(3,4)5;/h1H3;;/q2*-1;. The second-order valence-electron chi connectivity index (χ2n) is 0.495. The first-order valence-corrected chi connectivity index (χ1v) is 0.873. The fraction of sp³-hybridized carbons (Fsp3) is 0. The Kier molecular flexibility index (Phi) is 9.99. The summed E-state index contributed by atoms with van der Waals surface area (Å²) in [5, 5.41) is 0. The smallest absolute Gasteiger partial charge is 0.418 e. The van der Waals surface area contributed by atoms with Crippen LogP contribution in [0.15, 0.2) is 0 Å². The van der Waals surface area contributed by atoms with Gasteiger partial charge in [-0.3, -0.25) is 0 Å².